The molecule has 2 aliphatic heterocycles. The van der Waals surface area contributed by atoms with Crippen molar-refractivity contribution in [1.29, 1.82) is 0 Å². The number of fused-ring (bicyclic) bond motifs is 2. The van der Waals surface area contributed by atoms with Crippen molar-refractivity contribution in [3.8, 4) is 0 Å². The van der Waals surface area contributed by atoms with Crippen LogP contribution in [0.5, 0.6) is 0 Å². The Morgan fingerprint density at radius 1 is 1.15 bits per heavy atom. The molecule has 0 N–H and O–H groups in total. The van der Waals surface area contributed by atoms with Crippen molar-refractivity contribution in [2.75, 3.05) is 26.2 Å². The first kappa shape index (κ1) is 17.9. The van der Waals surface area contributed by atoms with Gasteiger partial charge >= 0.3 is 0 Å². The first-order chi connectivity index (χ1) is 13.3. The van der Waals surface area contributed by atoms with Gasteiger partial charge in [0, 0.05) is 22.8 Å². The second-order valence-electron chi connectivity index (χ2n) is 7.79. The van der Waals surface area contributed by atoms with E-state index in [0.717, 1.165) is 32.4 Å². The van der Waals surface area contributed by atoms with Crippen LogP contribution in [0, 0.1) is 0 Å². The van der Waals surface area contributed by atoms with E-state index in [4.69, 9.17) is 4.74 Å². The molecule has 4 nitrogen and oxygen atoms in total. The monoisotopic (exact) mass is 402 g/mol. The average molecular weight is 403 g/mol. The molecule has 1 saturated heterocycles. The van der Waals surface area contributed by atoms with Crippen molar-refractivity contribution >= 4 is 28.6 Å². The summed E-state index contributed by atoms with van der Waals surface area (Å²) < 4.78 is 5.96. The van der Waals surface area contributed by atoms with Crippen LogP contribution in [0.1, 0.15) is 47.0 Å². The molecule has 27 heavy (non-hydrogen) atoms. The lowest BCUT2D eigenvalue weighted by molar-refractivity contribution is -0.151. The molecule has 0 radical (unpaired) electrons. The molecule has 5 rings (SSSR count). The average Bonchev–Trinajstić information content (AvgIpc) is 3.39. The first-order valence-corrected chi connectivity index (χ1v) is 11.8. The fourth-order valence-electron chi connectivity index (χ4n) is 4.99. The number of carbonyl (C=O) groups excluding carboxylic acids is 1. The Balaban J connectivity index is 1.37. The predicted molar refractivity (Wildman–Crippen MR) is 109 cm³/mol. The summed E-state index contributed by atoms with van der Waals surface area (Å²) in [6, 6.07) is 7.11. The molecule has 6 heteroatoms. The minimum absolute atomic E-state index is 0.229. The highest BCUT2D eigenvalue weighted by Crippen LogP contribution is 2.39. The van der Waals surface area contributed by atoms with Gasteiger partial charge in [-0.3, -0.25) is 9.69 Å². The number of ether oxygens (including phenoxy) is 1. The van der Waals surface area contributed by atoms with Gasteiger partial charge in [-0.2, -0.15) is 0 Å². The van der Waals surface area contributed by atoms with Crippen molar-refractivity contribution in [2.24, 2.45) is 0 Å². The van der Waals surface area contributed by atoms with Crippen LogP contribution in [0.25, 0.3) is 0 Å². The molecule has 3 aliphatic rings. The lowest BCUT2D eigenvalue weighted by Gasteiger charge is -2.45. The van der Waals surface area contributed by atoms with Crippen molar-refractivity contribution < 1.29 is 9.53 Å². The van der Waals surface area contributed by atoms with Crippen LogP contribution < -0.4 is 0 Å². The molecule has 144 valence electrons. The molecular formula is C21H26N2O2S2. The van der Waals surface area contributed by atoms with Gasteiger partial charge in [-0.15, -0.1) is 22.7 Å². The summed E-state index contributed by atoms with van der Waals surface area (Å²) in [7, 11) is 0. The number of hydrogen-bond acceptors (Lipinski definition) is 5. The molecule has 3 unspecified atom stereocenters. The maximum Gasteiger partial charge on any atom is 0.237 e. The summed E-state index contributed by atoms with van der Waals surface area (Å²) in [5.74, 6) is 0.287. The van der Waals surface area contributed by atoms with Gasteiger partial charge < -0.3 is 9.64 Å². The van der Waals surface area contributed by atoms with E-state index in [-0.39, 0.29) is 18.1 Å². The zero-order chi connectivity index (χ0) is 18.2. The standard InChI is InChI=1S/C21H26N2O2S2/c24-20(23-10-11-25-17-5-2-1-4-16(17)23)14-22-9-7-18-15(8-13-27-18)21(22)19-6-3-12-26-19/h3,6,8,12-13,16-17,21H,1-2,4-5,7,9-11,14H2. The molecule has 0 aromatic carbocycles. The largest absolute Gasteiger partial charge is 0.374 e. The number of nitrogens with zero attached hydrogens (tertiary/aromatic N) is 2. The van der Waals surface area contributed by atoms with Crippen LogP contribution >= 0.6 is 22.7 Å². The third-order valence-corrected chi connectivity index (χ3v) is 8.19. The lowest BCUT2D eigenvalue weighted by Crippen LogP contribution is -2.57. The van der Waals surface area contributed by atoms with E-state index in [1.807, 2.05) is 11.3 Å². The fraction of sp³-hybridized carbons (Fsp3) is 0.571. The van der Waals surface area contributed by atoms with Crippen molar-refractivity contribution in [2.45, 2.75) is 50.3 Å². The van der Waals surface area contributed by atoms with Gasteiger partial charge in [0.15, 0.2) is 0 Å². The number of morpholine rings is 1. The summed E-state index contributed by atoms with van der Waals surface area (Å²) in [4.78, 5) is 20.7. The Hall–Kier alpha value is -1.21. The second kappa shape index (κ2) is 7.66. The highest BCUT2D eigenvalue weighted by Gasteiger charge is 2.38. The van der Waals surface area contributed by atoms with Crippen molar-refractivity contribution in [3.05, 3.63) is 44.3 Å². The van der Waals surface area contributed by atoms with E-state index in [1.54, 1.807) is 11.3 Å². The van der Waals surface area contributed by atoms with E-state index in [0.29, 0.717) is 19.2 Å². The van der Waals surface area contributed by atoms with Crippen LogP contribution in [0.4, 0.5) is 0 Å². The van der Waals surface area contributed by atoms with Crippen molar-refractivity contribution in [3.63, 3.8) is 0 Å². The van der Waals surface area contributed by atoms with Gasteiger partial charge in [-0.05, 0) is 47.7 Å². The highest BCUT2D eigenvalue weighted by atomic mass is 32.1. The predicted octanol–water partition coefficient (Wildman–Crippen LogP) is 3.93. The summed E-state index contributed by atoms with van der Waals surface area (Å²) in [5.41, 5.74) is 1.40. The SMILES string of the molecule is O=C(CN1CCc2sccc2C1c1cccs1)N1CCOC2CCCCC21. The van der Waals surface area contributed by atoms with E-state index in [2.05, 4.69) is 38.8 Å². The molecule has 1 aliphatic carbocycles. The smallest absolute Gasteiger partial charge is 0.237 e. The Kier molecular flexibility index (Phi) is 5.07. The molecule has 0 spiro atoms. The van der Waals surface area contributed by atoms with E-state index >= 15 is 0 Å². The quantitative estimate of drug-likeness (QED) is 0.780. The normalized spacial score (nSPS) is 28.6. The molecule has 2 fully saturated rings. The summed E-state index contributed by atoms with van der Waals surface area (Å²) in [6.07, 6.45) is 5.96. The maximum atomic E-state index is 13.3. The van der Waals surface area contributed by atoms with Crippen molar-refractivity contribution in [1.82, 2.24) is 9.80 Å². The van der Waals surface area contributed by atoms with Gasteiger partial charge in [0.05, 0.1) is 31.3 Å². The van der Waals surface area contributed by atoms with Gasteiger partial charge in [-0.25, -0.2) is 0 Å². The summed E-state index contributed by atoms with van der Waals surface area (Å²) >= 11 is 3.66. The van der Waals surface area contributed by atoms with Gasteiger partial charge in [0.1, 0.15) is 0 Å². The number of rotatable bonds is 3. The Morgan fingerprint density at radius 3 is 2.96 bits per heavy atom. The van der Waals surface area contributed by atoms with Gasteiger partial charge in [0.25, 0.3) is 0 Å². The van der Waals surface area contributed by atoms with Gasteiger partial charge in [-0.1, -0.05) is 18.9 Å². The minimum Gasteiger partial charge on any atom is -0.374 e. The molecule has 0 bridgehead atoms. The topological polar surface area (TPSA) is 32.8 Å². The van der Waals surface area contributed by atoms with Crippen LogP contribution in [-0.2, 0) is 16.0 Å². The number of thiophene rings is 2. The third kappa shape index (κ3) is 3.37. The van der Waals surface area contributed by atoms with Crippen LogP contribution in [0.15, 0.2) is 29.0 Å². The Labute approximate surface area is 168 Å². The van der Waals surface area contributed by atoms with Crippen LogP contribution in [-0.4, -0.2) is 54.1 Å². The number of amides is 1. The summed E-state index contributed by atoms with van der Waals surface area (Å²) in [5, 5.41) is 4.34. The van der Waals surface area contributed by atoms with Crippen LogP contribution in [0.3, 0.4) is 0 Å². The van der Waals surface area contributed by atoms with E-state index in [9.17, 15) is 4.79 Å². The molecule has 4 heterocycles. The van der Waals surface area contributed by atoms with E-state index < -0.39 is 0 Å². The minimum atomic E-state index is 0.229. The zero-order valence-electron chi connectivity index (χ0n) is 15.5. The third-order valence-electron chi connectivity index (χ3n) is 6.27. The van der Waals surface area contributed by atoms with E-state index in [1.165, 1.54) is 28.2 Å². The highest BCUT2D eigenvalue weighted by molar-refractivity contribution is 7.10. The molecule has 1 amide bonds. The van der Waals surface area contributed by atoms with Crippen LogP contribution in [0.2, 0.25) is 0 Å². The molecule has 3 atom stereocenters. The molecular weight excluding hydrogens is 376 g/mol. The van der Waals surface area contributed by atoms with Gasteiger partial charge in [0.2, 0.25) is 5.91 Å². The zero-order valence-corrected chi connectivity index (χ0v) is 17.1. The second-order valence-corrected chi connectivity index (χ2v) is 9.77. The molecule has 1 saturated carbocycles. The molecule has 2 aromatic heterocycles. The lowest BCUT2D eigenvalue weighted by atomic mass is 9.90. The maximum absolute atomic E-state index is 13.3. The number of hydrogen-bond donors (Lipinski definition) is 0. The Morgan fingerprint density at radius 2 is 2.07 bits per heavy atom. The summed E-state index contributed by atoms with van der Waals surface area (Å²) in [6.45, 7) is 2.92. The first-order valence-electron chi connectivity index (χ1n) is 10.1. The fourth-order valence-corrected chi connectivity index (χ4v) is 6.77. The number of carbonyl (C=O) groups is 1. The molecule has 2 aromatic rings. The Bertz CT molecular complexity index is 786.